The number of hydrogen-bond acceptors (Lipinski definition) is 5. The van der Waals surface area contributed by atoms with Crippen molar-refractivity contribution in [3.05, 3.63) is 34.3 Å². The molecule has 0 spiro atoms. The van der Waals surface area contributed by atoms with E-state index in [1.807, 2.05) is 12.1 Å². The molecule has 0 amide bonds. The minimum Gasteiger partial charge on any atom is -0.347 e. The Kier molecular flexibility index (Phi) is 8.63. The molecule has 3 rings (SSSR count). The second-order valence-electron chi connectivity index (χ2n) is 5.02. The van der Waals surface area contributed by atoms with Crippen LogP contribution in [0.1, 0.15) is 5.56 Å². The Bertz CT molecular complexity index is 540. The fourth-order valence-electron chi connectivity index (χ4n) is 2.23. The maximum Gasteiger partial charge on any atom is 0.186 e. The quantitative estimate of drug-likeness (QED) is 0.573. The van der Waals surface area contributed by atoms with Crippen LogP contribution in [0.15, 0.2) is 38.9 Å². The molecule has 1 saturated heterocycles. The van der Waals surface area contributed by atoms with Gasteiger partial charge in [-0.3, -0.25) is 0 Å². The molecule has 8 heteroatoms. The summed E-state index contributed by atoms with van der Waals surface area (Å²) in [6.45, 7) is 4.29. The second-order valence-corrected chi connectivity index (χ2v) is 6.87. The molecule has 0 aliphatic carbocycles. The largest absolute Gasteiger partial charge is 0.347 e. The summed E-state index contributed by atoms with van der Waals surface area (Å²) >= 11 is 5.25. The first kappa shape index (κ1) is 20.2. The molecule has 4 nitrogen and oxygen atoms in total. The molecule has 1 aromatic rings. The highest BCUT2D eigenvalue weighted by atomic mass is 79.9. The van der Waals surface area contributed by atoms with Gasteiger partial charge >= 0.3 is 0 Å². The van der Waals surface area contributed by atoms with E-state index in [4.69, 9.17) is 0 Å². The van der Waals surface area contributed by atoms with Gasteiger partial charge in [0.05, 0.1) is 5.71 Å². The number of nitrogens with zero attached hydrogens (tertiary/aromatic N) is 4. The summed E-state index contributed by atoms with van der Waals surface area (Å²) in [7, 11) is 2.16. The maximum absolute atomic E-state index is 4.42. The van der Waals surface area contributed by atoms with E-state index in [0.29, 0.717) is 0 Å². The van der Waals surface area contributed by atoms with E-state index in [2.05, 4.69) is 55.1 Å². The molecule has 0 radical (unpaired) electrons. The van der Waals surface area contributed by atoms with Gasteiger partial charge in [-0.15, -0.1) is 39.1 Å². The Morgan fingerprint density at radius 1 is 1.00 bits per heavy atom. The van der Waals surface area contributed by atoms with Crippen molar-refractivity contribution in [3.63, 3.8) is 0 Å². The number of benzene rings is 1. The van der Waals surface area contributed by atoms with Gasteiger partial charge < -0.3 is 9.80 Å². The van der Waals surface area contributed by atoms with Gasteiger partial charge in [0.1, 0.15) is 0 Å². The third-order valence-corrected chi connectivity index (χ3v) is 5.09. The molecule has 0 N–H and O–H groups in total. The molecule has 122 valence electrons. The lowest BCUT2D eigenvalue weighted by Crippen LogP contribution is -2.46. The Balaban J connectivity index is 0.00000121. The predicted octanol–water partition coefficient (Wildman–Crippen LogP) is 3.66. The van der Waals surface area contributed by atoms with Crippen molar-refractivity contribution < 1.29 is 0 Å². The van der Waals surface area contributed by atoms with Crippen molar-refractivity contribution in [1.29, 1.82) is 0 Å². The molecule has 0 aromatic heterocycles. The Morgan fingerprint density at radius 2 is 1.64 bits per heavy atom. The Hall–Kier alpha value is 0.110. The van der Waals surface area contributed by atoms with Gasteiger partial charge in [-0.2, -0.15) is 5.10 Å². The number of amidine groups is 1. The van der Waals surface area contributed by atoms with Crippen LogP contribution < -0.4 is 0 Å². The molecule has 2 heterocycles. The summed E-state index contributed by atoms with van der Waals surface area (Å²) < 4.78 is 1.09. The van der Waals surface area contributed by atoms with Crippen molar-refractivity contribution in [3.8, 4) is 0 Å². The third-order valence-electron chi connectivity index (χ3n) is 3.55. The van der Waals surface area contributed by atoms with Gasteiger partial charge in [0, 0.05) is 36.4 Å². The molecule has 1 aromatic carbocycles. The van der Waals surface area contributed by atoms with Gasteiger partial charge in [0.25, 0.3) is 0 Å². The summed E-state index contributed by atoms with van der Waals surface area (Å²) in [6.07, 6.45) is 0. The highest BCUT2D eigenvalue weighted by Gasteiger charge is 2.21. The number of hydrogen-bond donors (Lipinski definition) is 0. The zero-order valence-electron chi connectivity index (χ0n) is 12.2. The minimum absolute atomic E-state index is 0. The first-order chi connectivity index (χ1) is 9.72. The molecule has 0 atom stereocenters. The highest BCUT2D eigenvalue weighted by Crippen LogP contribution is 2.20. The van der Waals surface area contributed by atoms with E-state index in [0.717, 1.165) is 52.8 Å². The first-order valence-electron chi connectivity index (χ1n) is 6.69. The molecule has 22 heavy (non-hydrogen) atoms. The average Bonchev–Trinajstić information content (AvgIpc) is 2.49. The highest BCUT2D eigenvalue weighted by molar-refractivity contribution is 9.10. The summed E-state index contributed by atoms with van der Waals surface area (Å²) in [5.74, 6) is 0.896. The van der Waals surface area contributed by atoms with E-state index in [9.17, 15) is 0 Å². The van der Waals surface area contributed by atoms with Gasteiger partial charge in [-0.05, 0) is 24.7 Å². The van der Waals surface area contributed by atoms with Gasteiger partial charge in [0.2, 0.25) is 0 Å². The number of halogens is 3. The molecular formula is C14H19Br3N4S. The topological polar surface area (TPSA) is 31.2 Å². The zero-order chi connectivity index (χ0) is 13.9. The first-order valence-corrected chi connectivity index (χ1v) is 8.47. The predicted molar refractivity (Wildman–Crippen MR) is 110 cm³/mol. The van der Waals surface area contributed by atoms with Crippen LogP contribution in [-0.4, -0.2) is 59.7 Å². The number of rotatable bonds is 1. The molecule has 0 saturated carbocycles. The third kappa shape index (κ3) is 5.06. The minimum atomic E-state index is 0. The van der Waals surface area contributed by atoms with Crippen LogP contribution in [0.4, 0.5) is 0 Å². The van der Waals surface area contributed by atoms with Gasteiger partial charge in [0.15, 0.2) is 5.17 Å². The molecule has 1 fully saturated rings. The van der Waals surface area contributed by atoms with Crippen molar-refractivity contribution in [2.45, 2.75) is 0 Å². The van der Waals surface area contributed by atoms with Crippen LogP contribution in [0.25, 0.3) is 0 Å². The molecule has 2 aliphatic heterocycles. The lowest BCUT2D eigenvalue weighted by molar-refractivity contribution is 0.218. The maximum atomic E-state index is 4.42. The summed E-state index contributed by atoms with van der Waals surface area (Å²) in [5.41, 5.74) is 2.21. The summed E-state index contributed by atoms with van der Waals surface area (Å²) in [6, 6.07) is 8.25. The van der Waals surface area contributed by atoms with E-state index in [-0.39, 0.29) is 34.0 Å². The Morgan fingerprint density at radius 3 is 2.18 bits per heavy atom. The van der Waals surface area contributed by atoms with Crippen molar-refractivity contribution >= 4 is 72.5 Å². The van der Waals surface area contributed by atoms with Crippen LogP contribution in [0, 0.1) is 0 Å². The SMILES string of the molecule is Br.Br.CN1CCN(C2=NN=C(c3ccc(Br)cc3)CS2)CC1. The van der Waals surface area contributed by atoms with Crippen LogP contribution in [0.3, 0.4) is 0 Å². The molecule has 2 aliphatic rings. The standard InChI is InChI=1S/C14H17BrN4S.2BrH/c1-18-6-8-19(9-7-18)14-17-16-13(10-20-14)11-2-4-12(15)5-3-11;;/h2-5H,6-10H2,1H3;2*1H. The monoisotopic (exact) mass is 512 g/mol. The molecule has 0 unspecified atom stereocenters. The lowest BCUT2D eigenvalue weighted by Gasteiger charge is -2.34. The van der Waals surface area contributed by atoms with Crippen LogP contribution in [0.2, 0.25) is 0 Å². The number of piperazine rings is 1. The second kappa shape index (κ2) is 9.42. The summed E-state index contributed by atoms with van der Waals surface area (Å²) in [5, 5.41) is 9.91. The van der Waals surface area contributed by atoms with Gasteiger partial charge in [-0.25, -0.2) is 0 Å². The fraction of sp³-hybridized carbons (Fsp3) is 0.429. The zero-order valence-corrected chi connectivity index (χ0v) is 18.1. The van der Waals surface area contributed by atoms with Crippen molar-refractivity contribution in [2.24, 2.45) is 10.2 Å². The van der Waals surface area contributed by atoms with E-state index >= 15 is 0 Å². The lowest BCUT2D eigenvalue weighted by atomic mass is 10.1. The van der Waals surface area contributed by atoms with Crippen LogP contribution in [0.5, 0.6) is 0 Å². The average molecular weight is 515 g/mol. The van der Waals surface area contributed by atoms with Crippen molar-refractivity contribution in [2.75, 3.05) is 39.0 Å². The van der Waals surface area contributed by atoms with Crippen LogP contribution in [-0.2, 0) is 0 Å². The Labute approximate surface area is 165 Å². The number of thioether (sulfide) groups is 1. The molecular weight excluding hydrogens is 496 g/mol. The van der Waals surface area contributed by atoms with E-state index in [1.54, 1.807) is 11.8 Å². The van der Waals surface area contributed by atoms with Crippen molar-refractivity contribution in [1.82, 2.24) is 9.80 Å². The number of likely N-dealkylation sites (N-methyl/N-ethyl adjacent to an activating group) is 1. The fourth-order valence-corrected chi connectivity index (χ4v) is 3.45. The smallest absolute Gasteiger partial charge is 0.186 e. The van der Waals surface area contributed by atoms with E-state index in [1.165, 1.54) is 0 Å². The summed E-state index contributed by atoms with van der Waals surface area (Å²) in [4.78, 5) is 4.69. The van der Waals surface area contributed by atoms with E-state index < -0.39 is 0 Å². The molecule has 0 bridgehead atoms. The van der Waals surface area contributed by atoms with Crippen LogP contribution >= 0.6 is 61.7 Å². The normalized spacial score (nSPS) is 18.7. The van der Waals surface area contributed by atoms with Gasteiger partial charge in [-0.1, -0.05) is 39.8 Å².